The Morgan fingerprint density at radius 1 is 1.00 bits per heavy atom. The highest BCUT2D eigenvalue weighted by molar-refractivity contribution is 5.96. The number of carbonyl (C=O) groups excluding carboxylic acids is 2. The van der Waals surface area contributed by atoms with Gasteiger partial charge in [0.1, 0.15) is 0 Å². The molecule has 8 heteroatoms. The fourth-order valence-corrected chi connectivity index (χ4v) is 6.36. The second kappa shape index (κ2) is 10.6. The molecule has 7 rings (SSSR count). The molecule has 2 saturated carbocycles. The lowest BCUT2D eigenvalue weighted by atomic mass is 9.87. The standard InChI is InChI=1S/C34H32N4O4/c39-32(28-16-27(28)20-5-2-1-3-6-20)35-17-24-11-12-25(22-7-4-8-23(15-22)34(41)42)26-13-14-38(19-30(24)26)33(40)29-18-36-37-31(29)21-9-10-21/h1-8,11-12,15,18,21,27-28H,9-10,13-14,16-17,19H2,(H,35,39)(H,36,37)(H,41,42)/t27-,28-/m0/s1. The summed E-state index contributed by atoms with van der Waals surface area (Å²) in [5.41, 5.74) is 7.87. The summed E-state index contributed by atoms with van der Waals surface area (Å²) in [5.74, 6) is -0.346. The molecule has 2 heterocycles. The van der Waals surface area contributed by atoms with Gasteiger partial charge in [-0.1, -0.05) is 54.6 Å². The van der Waals surface area contributed by atoms with Crippen molar-refractivity contribution in [3.8, 4) is 11.1 Å². The van der Waals surface area contributed by atoms with E-state index in [4.69, 9.17) is 0 Å². The molecule has 0 spiro atoms. The monoisotopic (exact) mass is 560 g/mol. The molecule has 2 aliphatic carbocycles. The Morgan fingerprint density at radius 2 is 1.83 bits per heavy atom. The molecule has 4 aromatic rings. The third kappa shape index (κ3) is 4.98. The summed E-state index contributed by atoms with van der Waals surface area (Å²) in [6, 6.07) is 21.1. The fraction of sp³-hybridized carbons (Fsp3) is 0.294. The van der Waals surface area contributed by atoms with Crippen LogP contribution >= 0.6 is 0 Å². The molecule has 8 nitrogen and oxygen atoms in total. The minimum atomic E-state index is -0.970. The molecule has 0 saturated heterocycles. The number of rotatable bonds is 8. The van der Waals surface area contributed by atoms with Crippen molar-refractivity contribution in [3.63, 3.8) is 0 Å². The molecule has 42 heavy (non-hydrogen) atoms. The number of hydrogen-bond acceptors (Lipinski definition) is 4. The first-order valence-electron chi connectivity index (χ1n) is 14.6. The van der Waals surface area contributed by atoms with Crippen molar-refractivity contribution in [2.45, 2.75) is 50.6 Å². The van der Waals surface area contributed by atoms with Gasteiger partial charge in [-0.2, -0.15) is 5.10 Å². The highest BCUT2D eigenvalue weighted by Gasteiger charge is 2.43. The molecule has 3 N–H and O–H groups in total. The smallest absolute Gasteiger partial charge is 0.335 e. The highest BCUT2D eigenvalue weighted by Crippen LogP contribution is 2.47. The summed E-state index contributed by atoms with van der Waals surface area (Å²) in [6.45, 7) is 1.33. The lowest BCUT2D eigenvalue weighted by molar-refractivity contribution is -0.122. The van der Waals surface area contributed by atoms with E-state index in [1.165, 1.54) is 5.56 Å². The van der Waals surface area contributed by atoms with Crippen LogP contribution in [0.5, 0.6) is 0 Å². The van der Waals surface area contributed by atoms with Crippen molar-refractivity contribution in [2.75, 3.05) is 6.54 Å². The Labute approximate surface area is 243 Å². The van der Waals surface area contributed by atoms with Gasteiger partial charge < -0.3 is 15.3 Å². The zero-order valence-electron chi connectivity index (χ0n) is 23.2. The zero-order valence-corrected chi connectivity index (χ0v) is 23.2. The first-order valence-corrected chi connectivity index (χ1v) is 14.6. The Hall–Kier alpha value is -4.72. The third-order valence-electron chi connectivity index (χ3n) is 8.91. The van der Waals surface area contributed by atoms with Crippen LogP contribution in [0.3, 0.4) is 0 Å². The second-order valence-corrected chi connectivity index (χ2v) is 11.6. The summed E-state index contributed by atoms with van der Waals surface area (Å²) < 4.78 is 0. The largest absolute Gasteiger partial charge is 0.478 e. The zero-order chi connectivity index (χ0) is 28.8. The average molecular weight is 561 g/mol. The molecule has 0 bridgehead atoms. The number of benzene rings is 3. The van der Waals surface area contributed by atoms with Gasteiger partial charge in [0.25, 0.3) is 5.91 Å². The van der Waals surface area contributed by atoms with Crippen LogP contribution in [0.25, 0.3) is 11.1 Å². The van der Waals surface area contributed by atoms with Crippen molar-refractivity contribution in [1.29, 1.82) is 0 Å². The minimum Gasteiger partial charge on any atom is -0.478 e. The predicted molar refractivity (Wildman–Crippen MR) is 157 cm³/mol. The van der Waals surface area contributed by atoms with E-state index >= 15 is 0 Å². The summed E-state index contributed by atoms with van der Waals surface area (Å²) in [5, 5.41) is 19.9. The van der Waals surface area contributed by atoms with Crippen LogP contribution in [0.4, 0.5) is 0 Å². The number of fused-ring (bicyclic) bond motifs is 1. The van der Waals surface area contributed by atoms with Crippen LogP contribution in [-0.4, -0.2) is 44.5 Å². The second-order valence-electron chi connectivity index (χ2n) is 11.6. The van der Waals surface area contributed by atoms with Crippen LogP contribution in [0.2, 0.25) is 0 Å². The van der Waals surface area contributed by atoms with E-state index < -0.39 is 5.97 Å². The molecule has 1 aliphatic heterocycles. The number of carbonyl (C=O) groups is 3. The predicted octanol–water partition coefficient (Wildman–Crippen LogP) is 5.27. The summed E-state index contributed by atoms with van der Waals surface area (Å²) in [7, 11) is 0. The number of nitrogens with one attached hydrogen (secondary N) is 2. The number of H-pyrrole nitrogens is 1. The van der Waals surface area contributed by atoms with Crippen molar-refractivity contribution < 1.29 is 19.5 Å². The first kappa shape index (κ1) is 26.2. The van der Waals surface area contributed by atoms with Gasteiger partial charge in [0.05, 0.1) is 23.0 Å². The minimum absolute atomic E-state index is 0.0266. The molecule has 3 aliphatic rings. The number of aromatic amines is 1. The Bertz CT molecular complexity index is 1690. The number of carboxylic acids is 1. The number of amides is 2. The van der Waals surface area contributed by atoms with Crippen LogP contribution in [0, 0.1) is 5.92 Å². The van der Waals surface area contributed by atoms with Gasteiger partial charge in [-0.3, -0.25) is 14.7 Å². The summed E-state index contributed by atoms with van der Waals surface area (Å²) >= 11 is 0. The van der Waals surface area contributed by atoms with Gasteiger partial charge >= 0.3 is 5.97 Å². The normalized spacial score (nSPS) is 19.2. The molecule has 0 radical (unpaired) electrons. The first-order chi connectivity index (χ1) is 20.5. The lowest BCUT2D eigenvalue weighted by Crippen LogP contribution is -2.37. The number of nitrogens with zero attached hydrogens (tertiary/aromatic N) is 2. The summed E-state index contributed by atoms with van der Waals surface area (Å²) in [6.07, 6.45) is 5.26. The van der Waals surface area contributed by atoms with E-state index in [9.17, 15) is 19.5 Å². The maximum Gasteiger partial charge on any atom is 0.335 e. The molecule has 2 amide bonds. The Morgan fingerprint density at radius 3 is 2.62 bits per heavy atom. The number of aromatic carboxylic acids is 1. The van der Waals surface area contributed by atoms with Crippen molar-refractivity contribution in [1.82, 2.24) is 20.4 Å². The van der Waals surface area contributed by atoms with Gasteiger partial charge in [-0.15, -0.1) is 0 Å². The number of carboxylic acid groups (broad SMARTS) is 1. The van der Waals surface area contributed by atoms with Crippen LogP contribution in [0.15, 0.2) is 72.9 Å². The van der Waals surface area contributed by atoms with E-state index in [-0.39, 0.29) is 29.2 Å². The molecule has 2 fully saturated rings. The SMILES string of the molecule is O=C(O)c1cccc(-c2ccc(CNC(=O)[C@H]3C[C@H]3c3ccccc3)c3c2CCN(C(=O)c2cn[nH]c2C2CC2)C3)c1. The molecule has 3 aromatic carbocycles. The third-order valence-corrected chi connectivity index (χ3v) is 8.91. The van der Waals surface area contributed by atoms with E-state index in [1.807, 2.05) is 41.3 Å². The molecule has 0 unspecified atom stereocenters. The molecule has 212 valence electrons. The highest BCUT2D eigenvalue weighted by atomic mass is 16.4. The average Bonchev–Trinajstić information content (AvgIpc) is 3.97. The van der Waals surface area contributed by atoms with Gasteiger partial charge in [0.15, 0.2) is 0 Å². The van der Waals surface area contributed by atoms with E-state index in [0.29, 0.717) is 37.5 Å². The van der Waals surface area contributed by atoms with Gasteiger partial charge in [0.2, 0.25) is 5.91 Å². The van der Waals surface area contributed by atoms with E-state index in [0.717, 1.165) is 52.8 Å². The van der Waals surface area contributed by atoms with E-state index in [2.05, 4.69) is 27.6 Å². The van der Waals surface area contributed by atoms with Gasteiger partial charge in [-0.05, 0) is 77.1 Å². The number of hydrogen-bond donors (Lipinski definition) is 3. The van der Waals surface area contributed by atoms with Crippen molar-refractivity contribution in [2.24, 2.45) is 5.92 Å². The quantitative estimate of drug-likeness (QED) is 0.272. The van der Waals surface area contributed by atoms with Gasteiger partial charge in [-0.25, -0.2) is 4.79 Å². The number of aromatic nitrogens is 2. The van der Waals surface area contributed by atoms with Gasteiger partial charge in [0, 0.05) is 31.5 Å². The molecule has 2 atom stereocenters. The maximum absolute atomic E-state index is 13.7. The molecular weight excluding hydrogens is 528 g/mol. The van der Waals surface area contributed by atoms with Crippen LogP contribution in [-0.2, 0) is 24.3 Å². The Balaban J connectivity index is 1.17. The fourth-order valence-electron chi connectivity index (χ4n) is 6.36. The molecular formula is C34H32N4O4. The van der Waals surface area contributed by atoms with E-state index in [1.54, 1.807) is 24.4 Å². The molecule has 1 aromatic heterocycles. The maximum atomic E-state index is 13.7. The topological polar surface area (TPSA) is 115 Å². The van der Waals surface area contributed by atoms with Crippen LogP contribution in [0.1, 0.15) is 79.8 Å². The van der Waals surface area contributed by atoms with Crippen molar-refractivity contribution >= 4 is 17.8 Å². The van der Waals surface area contributed by atoms with Crippen LogP contribution < -0.4 is 5.32 Å². The lowest BCUT2D eigenvalue weighted by Gasteiger charge is -2.32. The Kier molecular flexibility index (Phi) is 6.61. The van der Waals surface area contributed by atoms with Crippen molar-refractivity contribution in [3.05, 3.63) is 112 Å². The summed E-state index contributed by atoms with van der Waals surface area (Å²) in [4.78, 5) is 40.3.